The first-order chi connectivity index (χ1) is 13.0. The lowest BCUT2D eigenvalue weighted by Gasteiger charge is -2.24. The number of amidine groups is 1. The summed E-state index contributed by atoms with van der Waals surface area (Å²) in [6, 6.07) is 14.4. The average Bonchev–Trinajstić information content (AvgIpc) is 2.99. The molecule has 2 aromatic carbocycles. The highest BCUT2D eigenvalue weighted by atomic mass is 16.5. The van der Waals surface area contributed by atoms with Gasteiger partial charge >= 0.3 is 0 Å². The number of aryl methyl sites for hydroxylation is 1. The molecular weight excluding hydrogens is 336 g/mol. The maximum absolute atomic E-state index is 11.8. The quantitative estimate of drug-likeness (QED) is 0.833. The predicted molar refractivity (Wildman–Crippen MR) is 109 cm³/mol. The fourth-order valence-electron chi connectivity index (χ4n) is 4.38. The first-order valence-electron chi connectivity index (χ1n) is 9.97. The number of β-amino-alcohol motifs (C(OH)–C–C–N with tert-alkyl or cyclic N) is 1. The number of anilines is 1. The number of aliphatic hydroxyl groups is 1. The zero-order valence-corrected chi connectivity index (χ0v) is 16.5. The van der Waals surface area contributed by atoms with E-state index in [1.807, 2.05) is 31.2 Å². The van der Waals surface area contributed by atoms with E-state index < -0.39 is 5.72 Å². The second kappa shape index (κ2) is 7.01. The van der Waals surface area contributed by atoms with E-state index >= 15 is 0 Å². The number of ether oxygens (including phenoxy) is 1. The van der Waals surface area contributed by atoms with Crippen molar-refractivity contribution >= 4 is 11.5 Å². The van der Waals surface area contributed by atoms with E-state index in [2.05, 4.69) is 41.5 Å². The van der Waals surface area contributed by atoms with Gasteiger partial charge in [0.2, 0.25) is 0 Å². The van der Waals surface area contributed by atoms with Crippen LogP contribution < -0.4 is 9.64 Å². The largest absolute Gasteiger partial charge is 0.494 e. The van der Waals surface area contributed by atoms with Gasteiger partial charge in [-0.1, -0.05) is 12.1 Å². The van der Waals surface area contributed by atoms with Gasteiger partial charge in [-0.25, -0.2) is 9.48 Å². The molecule has 4 nitrogen and oxygen atoms in total. The number of hydrogen-bond donors (Lipinski definition) is 1. The molecule has 4 rings (SSSR count). The predicted octanol–water partition coefficient (Wildman–Crippen LogP) is 3.96. The van der Waals surface area contributed by atoms with E-state index in [9.17, 15) is 5.11 Å². The van der Waals surface area contributed by atoms with Gasteiger partial charge in [-0.05, 0) is 75.1 Å². The van der Waals surface area contributed by atoms with Gasteiger partial charge in [0, 0.05) is 12.0 Å². The molecule has 0 radical (unpaired) electrons. The molecule has 0 saturated heterocycles. The Balaban J connectivity index is 1.76. The maximum atomic E-state index is 11.8. The Morgan fingerprint density at radius 1 is 1.11 bits per heavy atom. The molecule has 0 unspecified atom stereocenters. The SMILES string of the molecule is CCOc1ccc([C@]2(O)CN(c3cccc(C)c3C)C3=[N+]2CCCC3)cc1. The van der Waals surface area contributed by atoms with Crippen molar-refractivity contribution < 1.29 is 14.4 Å². The molecule has 0 amide bonds. The van der Waals surface area contributed by atoms with Crippen LogP contribution in [0.5, 0.6) is 5.75 Å². The van der Waals surface area contributed by atoms with Gasteiger partial charge in [0.05, 0.1) is 13.2 Å². The summed E-state index contributed by atoms with van der Waals surface area (Å²) < 4.78 is 7.79. The third-order valence-corrected chi connectivity index (χ3v) is 5.97. The van der Waals surface area contributed by atoms with Crippen LogP contribution in [0.25, 0.3) is 0 Å². The maximum Gasteiger partial charge on any atom is 0.271 e. The second-order valence-electron chi connectivity index (χ2n) is 7.60. The molecule has 142 valence electrons. The first-order valence-corrected chi connectivity index (χ1v) is 9.97. The Hall–Kier alpha value is -2.33. The Bertz CT molecular complexity index is 872. The average molecular weight is 365 g/mol. The summed E-state index contributed by atoms with van der Waals surface area (Å²) >= 11 is 0. The minimum atomic E-state index is -1.00. The zero-order valence-electron chi connectivity index (χ0n) is 16.5. The normalized spacial score (nSPS) is 22.1. The molecule has 0 aliphatic carbocycles. The summed E-state index contributed by atoms with van der Waals surface area (Å²) in [6.45, 7) is 8.40. The molecule has 2 aliphatic heterocycles. The molecule has 0 aromatic heterocycles. The van der Waals surface area contributed by atoms with Gasteiger partial charge in [-0.2, -0.15) is 0 Å². The van der Waals surface area contributed by atoms with Crippen LogP contribution in [0.4, 0.5) is 5.69 Å². The number of rotatable bonds is 4. The van der Waals surface area contributed by atoms with Gasteiger partial charge in [0.1, 0.15) is 11.4 Å². The minimum Gasteiger partial charge on any atom is -0.494 e. The molecule has 2 heterocycles. The van der Waals surface area contributed by atoms with E-state index in [0.29, 0.717) is 13.2 Å². The number of nitrogens with zero attached hydrogens (tertiary/aromatic N) is 2. The third kappa shape index (κ3) is 3.02. The zero-order chi connectivity index (χ0) is 19.0. The fourth-order valence-corrected chi connectivity index (χ4v) is 4.38. The highest BCUT2D eigenvalue weighted by Crippen LogP contribution is 2.37. The van der Waals surface area contributed by atoms with Crippen molar-refractivity contribution in [2.45, 2.75) is 45.8 Å². The van der Waals surface area contributed by atoms with Crippen molar-refractivity contribution in [3.8, 4) is 5.75 Å². The second-order valence-corrected chi connectivity index (χ2v) is 7.60. The summed E-state index contributed by atoms with van der Waals surface area (Å²) in [5, 5.41) is 11.8. The number of hydrogen-bond acceptors (Lipinski definition) is 3. The van der Waals surface area contributed by atoms with E-state index in [-0.39, 0.29) is 0 Å². The van der Waals surface area contributed by atoms with E-state index in [1.165, 1.54) is 29.1 Å². The molecule has 2 aromatic rings. The van der Waals surface area contributed by atoms with Gasteiger partial charge in [0.15, 0.2) is 6.54 Å². The highest BCUT2D eigenvalue weighted by Gasteiger charge is 2.52. The topological polar surface area (TPSA) is 35.7 Å². The van der Waals surface area contributed by atoms with E-state index in [1.54, 1.807) is 0 Å². The molecule has 27 heavy (non-hydrogen) atoms. The van der Waals surface area contributed by atoms with Crippen LogP contribution in [0.1, 0.15) is 42.9 Å². The Labute approximate surface area is 161 Å². The van der Waals surface area contributed by atoms with Crippen molar-refractivity contribution in [1.82, 2.24) is 0 Å². The molecule has 2 aliphatic rings. The molecule has 0 saturated carbocycles. The Kier molecular flexibility index (Phi) is 4.68. The molecule has 0 fully saturated rings. The fraction of sp³-hybridized carbons (Fsp3) is 0.435. The van der Waals surface area contributed by atoms with Crippen molar-refractivity contribution in [1.29, 1.82) is 0 Å². The minimum absolute atomic E-state index is 0.556. The van der Waals surface area contributed by atoms with E-state index in [4.69, 9.17) is 4.74 Å². The molecule has 0 bridgehead atoms. The van der Waals surface area contributed by atoms with Crippen LogP contribution in [0.2, 0.25) is 0 Å². The van der Waals surface area contributed by atoms with Crippen LogP contribution in [-0.4, -0.2) is 35.2 Å². The van der Waals surface area contributed by atoms with Crippen molar-refractivity contribution in [2.75, 3.05) is 24.6 Å². The molecule has 1 atom stereocenters. The van der Waals surface area contributed by atoms with Gasteiger partial charge in [-0.3, -0.25) is 0 Å². The van der Waals surface area contributed by atoms with Gasteiger partial charge in [-0.15, -0.1) is 0 Å². The van der Waals surface area contributed by atoms with Crippen molar-refractivity contribution in [3.05, 3.63) is 59.2 Å². The smallest absolute Gasteiger partial charge is 0.271 e. The van der Waals surface area contributed by atoms with Crippen LogP contribution >= 0.6 is 0 Å². The first kappa shape index (κ1) is 18.1. The van der Waals surface area contributed by atoms with Gasteiger partial charge < -0.3 is 9.84 Å². The van der Waals surface area contributed by atoms with Gasteiger partial charge in [0.25, 0.3) is 11.6 Å². The standard InChI is InChI=1S/C23H29N2O2/c1-4-27-20-13-11-19(12-14-20)23(26)16-24(22-10-5-6-15-25(22)23)21-9-7-8-17(2)18(21)3/h7-9,11-14,26H,4-6,10,15-16H2,1-3H3/q+1/t23-/m1/s1. The summed E-state index contributed by atoms with van der Waals surface area (Å²) in [6.07, 6.45) is 3.29. The Morgan fingerprint density at radius 3 is 2.63 bits per heavy atom. The molecule has 1 N–H and O–H groups in total. The summed E-state index contributed by atoms with van der Waals surface area (Å²) in [5.41, 5.74) is 3.70. The lowest BCUT2D eigenvalue weighted by molar-refractivity contribution is -0.661. The monoisotopic (exact) mass is 365 g/mol. The third-order valence-electron chi connectivity index (χ3n) is 5.97. The summed E-state index contributed by atoms with van der Waals surface area (Å²) in [7, 11) is 0. The van der Waals surface area contributed by atoms with Crippen LogP contribution in [0.15, 0.2) is 42.5 Å². The Morgan fingerprint density at radius 2 is 1.89 bits per heavy atom. The lowest BCUT2D eigenvalue weighted by atomic mass is 10.0. The molecule has 4 heteroatoms. The highest BCUT2D eigenvalue weighted by molar-refractivity contribution is 5.96. The lowest BCUT2D eigenvalue weighted by Crippen LogP contribution is -2.41. The van der Waals surface area contributed by atoms with E-state index in [0.717, 1.165) is 30.7 Å². The molecular formula is C23H29N2O2+. The summed E-state index contributed by atoms with van der Waals surface area (Å²) in [4.78, 5) is 2.33. The van der Waals surface area contributed by atoms with Crippen molar-refractivity contribution in [2.24, 2.45) is 0 Å². The van der Waals surface area contributed by atoms with Crippen LogP contribution in [0, 0.1) is 13.8 Å². The van der Waals surface area contributed by atoms with Crippen LogP contribution in [0.3, 0.4) is 0 Å². The number of benzene rings is 2. The van der Waals surface area contributed by atoms with Crippen LogP contribution in [-0.2, 0) is 5.72 Å². The molecule has 0 spiro atoms. The van der Waals surface area contributed by atoms with Crippen molar-refractivity contribution in [3.63, 3.8) is 0 Å². The summed E-state index contributed by atoms with van der Waals surface area (Å²) in [5.74, 6) is 2.09.